The highest BCUT2D eigenvalue weighted by Gasteiger charge is 2.21. The predicted molar refractivity (Wildman–Crippen MR) is 95.3 cm³/mol. The second-order valence-corrected chi connectivity index (χ2v) is 5.94. The van der Waals surface area contributed by atoms with Crippen molar-refractivity contribution in [2.75, 3.05) is 25.0 Å². The summed E-state index contributed by atoms with van der Waals surface area (Å²) < 4.78 is 18.3. The van der Waals surface area contributed by atoms with Gasteiger partial charge < -0.3 is 20.7 Å². The molecule has 1 aliphatic rings. The second-order valence-electron chi connectivity index (χ2n) is 5.94. The molecule has 7 heteroatoms. The molecule has 2 aromatic carbocycles. The van der Waals surface area contributed by atoms with E-state index >= 15 is 0 Å². The van der Waals surface area contributed by atoms with E-state index in [4.69, 9.17) is 4.74 Å². The van der Waals surface area contributed by atoms with E-state index in [1.807, 2.05) is 12.1 Å². The molecule has 2 amide bonds. The van der Waals surface area contributed by atoms with Crippen molar-refractivity contribution < 1.29 is 18.7 Å². The number of hydrogen-bond donors (Lipinski definition) is 3. The maximum atomic E-state index is 12.9. The molecule has 2 aromatic rings. The lowest BCUT2D eigenvalue weighted by Gasteiger charge is -2.22. The highest BCUT2D eigenvalue weighted by atomic mass is 19.1. The van der Waals surface area contributed by atoms with Gasteiger partial charge in [0.25, 0.3) is 11.8 Å². The quantitative estimate of drug-likeness (QED) is 0.761. The molecular formula is C19H20FN3O3. The van der Waals surface area contributed by atoms with Crippen LogP contribution in [0.2, 0.25) is 0 Å². The smallest absolute Gasteiger partial charge is 0.255 e. The van der Waals surface area contributed by atoms with E-state index < -0.39 is 6.10 Å². The zero-order valence-corrected chi connectivity index (χ0v) is 14.1. The summed E-state index contributed by atoms with van der Waals surface area (Å²) in [5.74, 6) is -0.846. The number of amides is 2. The van der Waals surface area contributed by atoms with Gasteiger partial charge in [0.2, 0.25) is 0 Å². The lowest BCUT2D eigenvalue weighted by atomic mass is 10.1. The topological polar surface area (TPSA) is 79.5 Å². The maximum Gasteiger partial charge on any atom is 0.255 e. The summed E-state index contributed by atoms with van der Waals surface area (Å²) in [5, 5.41) is 8.69. The first-order chi connectivity index (χ1) is 12.6. The molecule has 0 spiro atoms. The molecule has 3 rings (SSSR count). The van der Waals surface area contributed by atoms with Gasteiger partial charge in [-0.15, -0.1) is 0 Å². The summed E-state index contributed by atoms with van der Waals surface area (Å²) in [7, 11) is 0. The zero-order chi connectivity index (χ0) is 18.4. The largest absolute Gasteiger partial charge is 0.366 e. The zero-order valence-electron chi connectivity index (χ0n) is 14.1. The van der Waals surface area contributed by atoms with Crippen LogP contribution in [-0.2, 0) is 16.1 Å². The van der Waals surface area contributed by atoms with Crippen LogP contribution >= 0.6 is 0 Å². The Balaban J connectivity index is 1.50. The summed E-state index contributed by atoms with van der Waals surface area (Å²) in [5.41, 5.74) is 1.90. The maximum absolute atomic E-state index is 12.9. The second kappa shape index (κ2) is 8.55. The first kappa shape index (κ1) is 18.0. The highest BCUT2D eigenvalue weighted by molar-refractivity contribution is 6.04. The molecule has 0 saturated carbocycles. The Kier molecular flexibility index (Phi) is 5.93. The molecule has 1 heterocycles. The van der Waals surface area contributed by atoms with Gasteiger partial charge in [-0.25, -0.2) is 4.39 Å². The monoisotopic (exact) mass is 357 g/mol. The lowest BCUT2D eigenvalue weighted by Crippen LogP contribution is -2.47. The number of anilines is 1. The van der Waals surface area contributed by atoms with Gasteiger partial charge in [-0.3, -0.25) is 9.59 Å². The average molecular weight is 357 g/mol. The van der Waals surface area contributed by atoms with Crippen molar-refractivity contribution in [1.29, 1.82) is 0 Å². The van der Waals surface area contributed by atoms with Gasteiger partial charge in [0.05, 0.1) is 6.61 Å². The molecule has 1 fully saturated rings. The Morgan fingerprint density at radius 3 is 2.50 bits per heavy atom. The molecule has 1 saturated heterocycles. The van der Waals surface area contributed by atoms with E-state index in [0.29, 0.717) is 30.9 Å². The third kappa shape index (κ3) is 4.87. The average Bonchev–Trinajstić information content (AvgIpc) is 2.68. The van der Waals surface area contributed by atoms with Crippen LogP contribution in [0, 0.1) is 5.82 Å². The molecule has 0 radical (unpaired) electrons. The Labute approximate surface area is 150 Å². The molecule has 3 N–H and O–H groups in total. The molecule has 6 nitrogen and oxygen atoms in total. The molecule has 1 unspecified atom stereocenters. The Bertz CT molecular complexity index is 757. The summed E-state index contributed by atoms with van der Waals surface area (Å²) in [6, 6.07) is 12.5. The summed E-state index contributed by atoms with van der Waals surface area (Å²) in [6.45, 7) is 2.18. The van der Waals surface area contributed by atoms with E-state index in [9.17, 15) is 14.0 Å². The molecule has 26 heavy (non-hydrogen) atoms. The van der Waals surface area contributed by atoms with Crippen molar-refractivity contribution in [2.45, 2.75) is 12.6 Å². The van der Waals surface area contributed by atoms with Crippen molar-refractivity contribution in [3.05, 3.63) is 65.5 Å². The molecule has 136 valence electrons. The molecule has 1 aliphatic heterocycles. The number of carbonyl (C=O) groups is 2. The standard InChI is InChI=1S/C19H20FN3O3/c20-15-5-3-14(4-6-15)18(24)23-16-7-1-13(2-8-16)11-22-19(25)17-12-21-9-10-26-17/h1-8,17,21H,9-12H2,(H,22,25)(H,23,24). The number of ether oxygens (including phenoxy) is 1. The number of hydrogen-bond acceptors (Lipinski definition) is 4. The Hall–Kier alpha value is -2.77. The summed E-state index contributed by atoms with van der Waals surface area (Å²) in [4.78, 5) is 24.1. The van der Waals surface area contributed by atoms with Gasteiger partial charge in [0.1, 0.15) is 11.9 Å². The third-order valence-electron chi connectivity index (χ3n) is 4.00. The van der Waals surface area contributed by atoms with Gasteiger partial charge in [-0.2, -0.15) is 0 Å². The van der Waals surface area contributed by atoms with Crippen molar-refractivity contribution >= 4 is 17.5 Å². The number of carbonyl (C=O) groups excluding carboxylic acids is 2. The number of halogens is 1. The molecule has 1 atom stereocenters. The summed E-state index contributed by atoms with van der Waals surface area (Å²) in [6.07, 6.45) is -0.460. The van der Waals surface area contributed by atoms with Crippen LogP contribution in [0.15, 0.2) is 48.5 Å². The minimum absolute atomic E-state index is 0.147. The van der Waals surface area contributed by atoms with E-state index in [-0.39, 0.29) is 17.6 Å². The van der Waals surface area contributed by atoms with Crippen LogP contribution in [0.1, 0.15) is 15.9 Å². The van der Waals surface area contributed by atoms with Gasteiger partial charge in [0.15, 0.2) is 0 Å². The van der Waals surface area contributed by atoms with Crippen molar-refractivity contribution in [3.63, 3.8) is 0 Å². The SMILES string of the molecule is O=C(Nc1ccc(CNC(=O)C2CNCCO2)cc1)c1ccc(F)cc1. The normalized spacial score (nSPS) is 16.7. The Morgan fingerprint density at radius 1 is 1.12 bits per heavy atom. The third-order valence-corrected chi connectivity index (χ3v) is 4.00. The van der Waals surface area contributed by atoms with Crippen LogP contribution in [0.25, 0.3) is 0 Å². The Morgan fingerprint density at radius 2 is 1.85 bits per heavy atom. The number of morpholine rings is 1. The van der Waals surface area contributed by atoms with Gasteiger partial charge in [0, 0.05) is 30.9 Å². The van der Waals surface area contributed by atoms with E-state index in [1.165, 1.54) is 24.3 Å². The van der Waals surface area contributed by atoms with Gasteiger partial charge in [-0.1, -0.05) is 12.1 Å². The molecule has 0 bridgehead atoms. The summed E-state index contributed by atoms with van der Waals surface area (Å²) >= 11 is 0. The number of benzene rings is 2. The molecule has 0 aliphatic carbocycles. The minimum atomic E-state index is -0.460. The van der Waals surface area contributed by atoms with Crippen LogP contribution < -0.4 is 16.0 Å². The van der Waals surface area contributed by atoms with Crippen LogP contribution in [-0.4, -0.2) is 37.6 Å². The van der Waals surface area contributed by atoms with Crippen LogP contribution in [0.3, 0.4) is 0 Å². The first-order valence-corrected chi connectivity index (χ1v) is 8.38. The molecular weight excluding hydrogens is 337 g/mol. The highest BCUT2D eigenvalue weighted by Crippen LogP contribution is 2.12. The van der Waals surface area contributed by atoms with Crippen molar-refractivity contribution in [1.82, 2.24) is 10.6 Å². The lowest BCUT2D eigenvalue weighted by molar-refractivity contribution is -0.134. The fourth-order valence-corrected chi connectivity index (χ4v) is 2.55. The van der Waals surface area contributed by atoms with Crippen LogP contribution in [0.4, 0.5) is 10.1 Å². The number of rotatable bonds is 5. The van der Waals surface area contributed by atoms with E-state index in [2.05, 4.69) is 16.0 Å². The number of nitrogens with one attached hydrogen (secondary N) is 3. The van der Waals surface area contributed by atoms with Crippen molar-refractivity contribution in [2.24, 2.45) is 0 Å². The molecule has 0 aromatic heterocycles. The first-order valence-electron chi connectivity index (χ1n) is 8.38. The van der Waals surface area contributed by atoms with E-state index in [1.54, 1.807) is 12.1 Å². The van der Waals surface area contributed by atoms with E-state index in [0.717, 1.165) is 12.1 Å². The predicted octanol–water partition coefficient (Wildman–Crippen LogP) is 1.68. The van der Waals surface area contributed by atoms with Gasteiger partial charge in [-0.05, 0) is 42.0 Å². The fraction of sp³-hybridized carbons (Fsp3) is 0.263. The van der Waals surface area contributed by atoms with Gasteiger partial charge >= 0.3 is 0 Å². The minimum Gasteiger partial charge on any atom is -0.366 e. The van der Waals surface area contributed by atoms with Crippen LogP contribution in [0.5, 0.6) is 0 Å². The van der Waals surface area contributed by atoms with Crippen molar-refractivity contribution in [3.8, 4) is 0 Å². The fourth-order valence-electron chi connectivity index (χ4n) is 2.55.